The van der Waals surface area contributed by atoms with E-state index in [-0.39, 0.29) is 5.91 Å². The Kier molecular flexibility index (Phi) is 6.29. The van der Waals surface area contributed by atoms with Gasteiger partial charge in [-0.25, -0.2) is 4.98 Å². The number of nitrogens with zero attached hydrogens (tertiary/aromatic N) is 3. The smallest absolute Gasteiger partial charge is 0.234 e. The van der Waals surface area contributed by atoms with E-state index in [1.54, 1.807) is 11.3 Å². The number of carbonyl (C=O) groups excluding carboxylic acids is 1. The van der Waals surface area contributed by atoms with Crippen molar-refractivity contribution in [1.29, 1.82) is 0 Å². The number of thiophene rings is 1. The third-order valence-electron chi connectivity index (χ3n) is 4.08. The Labute approximate surface area is 167 Å². The van der Waals surface area contributed by atoms with Gasteiger partial charge >= 0.3 is 0 Å². The number of amides is 1. The standard InChI is InChI=1S/C19H22ClN3OS2/c1-13-6-4-7-15-18(13)21-19(26-15)23(11-5-10-22(2)3)17(24)12-14-8-9-16(20)25-14/h4,6-9H,5,10-12H2,1-3H3. The third kappa shape index (κ3) is 4.62. The summed E-state index contributed by atoms with van der Waals surface area (Å²) in [6.45, 7) is 3.64. The van der Waals surface area contributed by atoms with Crippen LogP contribution < -0.4 is 4.90 Å². The van der Waals surface area contributed by atoms with Crippen LogP contribution in [-0.4, -0.2) is 43.0 Å². The first-order chi connectivity index (χ1) is 12.4. The van der Waals surface area contributed by atoms with Crippen LogP contribution in [0.3, 0.4) is 0 Å². The first-order valence-corrected chi connectivity index (χ1v) is 10.5. The quantitative estimate of drug-likeness (QED) is 0.561. The molecule has 0 atom stereocenters. The number of fused-ring (bicyclic) bond motifs is 1. The molecule has 1 aromatic carbocycles. The summed E-state index contributed by atoms with van der Waals surface area (Å²) in [7, 11) is 4.09. The van der Waals surface area contributed by atoms with Crippen molar-refractivity contribution in [2.45, 2.75) is 19.8 Å². The van der Waals surface area contributed by atoms with Gasteiger partial charge in [-0.05, 0) is 57.7 Å². The average molecular weight is 408 g/mol. The van der Waals surface area contributed by atoms with Crippen LogP contribution in [0.4, 0.5) is 5.13 Å². The average Bonchev–Trinajstić information content (AvgIpc) is 3.18. The van der Waals surface area contributed by atoms with Crippen LogP contribution in [0.15, 0.2) is 30.3 Å². The predicted octanol–water partition coefficient (Wildman–Crippen LogP) is 4.85. The lowest BCUT2D eigenvalue weighted by atomic mass is 10.2. The van der Waals surface area contributed by atoms with Gasteiger partial charge in [0.25, 0.3) is 0 Å². The van der Waals surface area contributed by atoms with Crippen molar-refractivity contribution in [3.8, 4) is 0 Å². The second kappa shape index (κ2) is 8.48. The summed E-state index contributed by atoms with van der Waals surface area (Å²) < 4.78 is 1.83. The zero-order valence-corrected chi connectivity index (χ0v) is 17.5. The minimum absolute atomic E-state index is 0.0685. The Hall–Kier alpha value is -1.47. The lowest BCUT2D eigenvalue weighted by molar-refractivity contribution is -0.118. The highest BCUT2D eigenvalue weighted by molar-refractivity contribution is 7.22. The number of halogens is 1. The lowest BCUT2D eigenvalue weighted by Crippen LogP contribution is -2.34. The molecule has 0 spiro atoms. The fourth-order valence-corrected chi connectivity index (χ4v) is 4.92. The molecule has 0 aliphatic heterocycles. The molecule has 3 rings (SSSR count). The van der Waals surface area contributed by atoms with Crippen LogP contribution in [0.2, 0.25) is 4.34 Å². The number of anilines is 1. The summed E-state index contributed by atoms with van der Waals surface area (Å²) in [5, 5.41) is 0.778. The van der Waals surface area contributed by atoms with Gasteiger partial charge in [-0.15, -0.1) is 11.3 Å². The third-order valence-corrected chi connectivity index (χ3v) is 6.36. The minimum atomic E-state index is 0.0685. The zero-order valence-electron chi connectivity index (χ0n) is 15.2. The van der Waals surface area contributed by atoms with E-state index < -0.39 is 0 Å². The molecular weight excluding hydrogens is 386 g/mol. The number of hydrogen-bond donors (Lipinski definition) is 0. The summed E-state index contributed by atoms with van der Waals surface area (Å²) in [5.74, 6) is 0.0685. The van der Waals surface area contributed by atoms with Crippen LogP contribution in [-0.2, 0) is 11.2 Å². The summed E-state index contributed by atoms with van der Waals surface area (Å²) in [4.78, 5) is 22.7. The van der Waals surface area contributed by atoms with Gasteiger partial charge < -0.3 is 4.90 Å². The van der Waals surface area contributed by atoms with Gasteiger partial charge in [0, 0.05) is 11.4 Å². The number of aromatic nitrogens is 1. The van der Waals surface area contributed by atoms with E-state index >= 15 is 0 Å². The van der Waals surface area contributed by atoms with E-state index in [9.17, 15) is 4.79 Å². The number of para-hydroxylation sites is 1. The van der Waals surface area contributed by atoms with Crippen LogP contribution in [0, 0.1) is 6.92 Å². The number of rotatable bonds is 7. The van der Waals surface area contributed by atoms with E-state index in [0.29, 0.717) is 17.3 Å². The van der Waals surface area contributed by atoms with Crippen molar-refractivity contribution in [2.75, 3.05) is 32.1 Å². The molecular formula is C19H22ClN3OS2. The molecule has 0 bridgehead atoms. The predicted molar refractivity (Wildman–Crippen MR) is 113 cm³/mol. The molecule has 2 aromatic heterocycles. The maximum Gasteiger partial charge on any atom is 0.234 e. The monoisotopic (exact) mass is 407 g/mol. The number of aryl methyl sites for hydroxylation is 1. The highest BCUT2D eigenvalue weighted by Crippen LogP contribution is 2.31. The normalized spacial score (nSPS) is 11.4. The van der Waals surface area contributed by atoms with Crippen molar-refractivity contribution in [2.24, 2.45) is 0 Å². The molecule has 0 fully saturated rings. The maximum absolute atomic E-state index is 13.0. The summed E-state index contributed by atoms with van der Waals surface area (Å²) in [5.41, 5.74) is 2.12. The van der Waals surface area contributed by atoms with E-state index in [1.165, 1.54) is 11.3 Å². The van der Waals surface area contributed by atoms with Gasteiger partial charge in [0.2, 0.25) is 5.91 Å². The fraction of sp³-hybridized carbons (Fsp3) is 0.368. The molecule has 0 aliphatic rings. The van der Waals surface area contributed by atoms with Gasteiger partial charge in [0.1, 0.15) is 0 Å². The molecule has 0 radical (unpaired) electrons. The Morgan fingerprint density at radius 1 is 1.15 bits per heavy atom. The van der Waals surface area contributed by atoms with Gasteiger partial charge in [-0.2, -0.15) is 0 Å². The highest BCUT2D eigenvalue weighted by Gasteiger charge is 2.21. The van der Waals surface area contributed by atoms with E-state index in [2.05, 4.69) is 24.0 Å². The topological polar surface area (TPSA) is 36.4 Å². The molecule has 4 nitrogen and oxygen atoms in total. The molecule has 7 heteroatoms. The number of hydrogen-bond acceptors (Lipinski definition) is 5. The molecule has 26 heavy (non-hydrogen) atoms. The van der Waals surface area contributed by atoms with Crippen LogP contribution >= 0.6 is 34.3 Å². The molecule has 1 amide bonds. The second-order valence-corrected chi connectivity index (χ2v) is 9.31. The first-order valence-electron chi connectivity index (χ1n) is 8.49. The van der Waals surface area contributed by atoms with Crippen LogP contribution in [0.25, 0.3) is 10.2 Å². The van der Waals surface area contributed by atoms with Gasteiger partial charge in [0.15, 0.2) is 5.13 Å². The van der Waals surface area contributed by atoms with Crippen LogP contribution in [0.5, 0.6) is 0 Å². The Morgan fingerprint density at radius 2 is 1.96 bits per heavy atom. The van der Waals surface area contributed by atoms with Gasteiger partial charge in [0.05, 0.1) is 21.0 Å². The molecule has 138 valence electrons. The second-order valence-electron chi connectivity index (χ2n) is 6.50. The molecule has 0 saturated heterocycles. The van der Waals surface area contributed by atoms with E-state index in [0.717, 1.165) is 38.8 Å². The minimum Gasteiger partial charge on any atom is -0.309 e. The van der Waals surface area contributed by atoms with Crippen molar-refractivity contribution in [3.05, 3.63) is 45.1 Å². The van der Waals surface area contributed by atoms with Crippen molar-refractivity contribution >= 4 is 55.5 Å². The summed E-state index contributed by atoms with van der Waals surface area (Å²) in [6.07, 6.45) is 1.26. The van der Waals surface area contributed by atoms with Gasteiger partial charge in [-0.3, -0.25) is 9.69 Å². The number of carbonyl (C=O) groups is 1. The van der Waals surface area contributed by atoms with Crippen LogP contribution in [0.1, 0.15) is 16.9 Å². The molecule has 0 unspecified atom stereocenters. The van der Waals surface area contributed by atoms with Crippen molar-refractivity contribution < 1.29 is 4.79 Å². The number of thiazole rings is 1. The molecule has 0 N–H and O–H groups in total. The molecule has 0 saturated carbocycles. The molecule has 3 aromatic rings. The SMILES string of the molecule is Cc1cccc2sc(N(CCCN(C)C)C(=O)Cc3ccc(Cl)s3)nc12. The van der Waals surface area contributed by atoms with Crippen molar-refractivity contribution in [3.63, 3.8) is 0 Å². The summed E-state index contributed by atoms with van der Waals surface area (Å²) in [6, 6.07) is 9.91. The fourth-order valence-electron chi connectivity index (χ4n) is 2.75. The Bertz CT molecular complexity index is 903. The Morgan fingerprint density at radius 3 is 2.62 bits per heavy atom. The number of benzene rings is 1. The molecule has 2 heterocycles. The Balaban J connectivity index is 1.85. The zero-order chi connectivity index (χ0) is 18.7. The molecule has 0 aliphatic carbocycles. The van der Waals surface area contributed by atoms with E-state index in [1.807, 2.05) is 37.2 Å². The largest absolute Gasteiger partial charge is 0.309 e. The van der Waals surface area contributed by atoms with Gasteiger partial charge in [-0.1, -0.05) is 35.1 Å². The summed E-state index contributed by atoms with van der Waals surface area (Å²) >= 11 is 9.05. The van der Waals surface area contributed by atoms with Crippen molar-refractivity contribution in [1.82, 2.24) is 9.88 Å². The highest BCUT2D eigenvalue weighted by atomic mass is 35.5. The lowest BCUT2D eigenvalue weighted by Gasteiger charge is -2.20. The van der Waals surface area contributed by atoms with E-state index in [4.69, 9.17) is 16.6 Å². The maximum atomic E-state index is 13.0. The first kappa shape index (κ1) is 19.3.